The lowest BCUT2D eigenvalue weighted by Gasteiger charge is -2.36. The predicted octanol–water partition coefficient (Wildman–Crippen LogP) is 7.16. The fraction of sp³-hybridized carbons (Fsp3) is 0.348. The van der Waals surface area contributed by atoms with E-state index in [9.17, 15) is 19.2 Å². The Labute approximate surface area is 348 Å². The molecule has 8 rings (SSSR count). The van der Waals surface area contributed by atoms with E-state index in [1.165, 1.54) is 25.3 Å². The van der Waals surface area contributed by atoms with Crippen LogP contribution in [0.5, 0.6) is 0 Å². The number of H-pyrrole nitrogens is 2. The average Bonchev–Trinajstić information content (AvgIpc) is 4.12. The molecular weight excluding hydrogens is 761 g/mol. The molecule has 2 saturated heterocycles. The molecule has 4 N–H and O–H groups in total. The van der Waals surface area contributed by atoms with Gasteiger partial charge in [0.25, 0.3) is 5.91 Å². The number of nitrogens with one attached hydrogen (secondary N) is 4. The van der Waals surface area contributed by atoms with Gasteiger partial charge in [-0.15, -0.1) is 0 Å². The van der Waals surface area contributed by atoms with Crippen LogP contribution in [0.4, 0.5) is 9.59 Å². The molecule has 5 atom stereocenters. The number of hydrogen-bond acceptors (Lipinski definition) is 8. The maximum absolute atomic E-state index is 14.1. The number of aromatic nitrogens is 4. The number of carbonyl (C=O) groups excluding carboxylic acids is 4. The second kappa shape index (κ2) is 16.9. The van der Waals surface area contributed by atoms with Crippen LogP contribution in [-0.2, 0) is 31.0 Å². The molecule has 2 aromatic heterocycles. The lowest BCUT2D eigenvalue weighted by Crippen LogP contribution is -2.49. The molecule has 14 heteroatoms. The van der Waals surface area contributed by atoms with Gasteiger partial charge in [-0.2, -0.15) is 0 Å². The van der Waals surface area contributed by atoms with Crippen molar-refractivity contribution in [1.29, 1.82) is 0 Å². The molecule has 3 aromatic carbocycles. The number of amides is 4. The molecule has 0 bridgehead atoms. The molecule has 1 unspecified atom stereocenters. The van der Waals surface area contributed by atoms with E-state index in [0.29, 0.717) is 24.5 Å². The Morgan fingerprint density at radius 1 is 0.833 bits per heavy atom. The highest BCUT2D eigenvalue weighted by molar-refractivity contribution is 5.88. The SMILES string of the molecule is COC(=O)N[C@@H](C)C(=O)N1CCC[C@H]1c1ncc(-c2ccc3c(c2)C=CC(c2ccc(-c4cnc([C@]5(C)CCCN5C(=O)[C@H](NC(=O)OC)c5ccccc5)[nH]4)cc2)C3)[nH]1. The molecule has 2 fully saturated rings. The molecule has 3 aliphatic rings. The number of alkyl carbamates (subject to hydrolysis) is 2. The molecule has 2 aliphatic heterocycles. The second-order valence-corrected chi connectivity index (χ2v) is 15.9. The van der Waals surface area contributed by atoms with Crippen LogP contribution in [0, 0.1) is 0 Å². The van der Waals surface area contributed by atoms with Gasteiger partial charge in [0, 0.05) is 24.6 Å². The summed E-state index contributed by atoms with van der Waals surface area (Å²) in [6, 6.07) is 22.4. The van der Waals surface area contributed by atoms with E-state index in [0.717, 1.165) is 66.0 Å². The van der Waals surface area contributed by atoms with Crippen LogP contribution in [0.2, 0.25) is 0 Å². The van der Waals surface area contributed by atoms with Crippen molar-refractivity contribution >= 4 is 30.1 Å². The number of allylic oxidation sites excluding steroid dienone is 1. The molecule has 0 spiro atoms. The molecule has 14 nitrogen and oxygen atoms in total. The number of nitrogens with zero attached hydrogens (tertiary/aromatic N) is 4. The van der Waals surface area contributed by atoms with E-state index in [2.05, 4.69) is 84.9 Å². The van der Waals surface area contributed by atoms with Crippen LogP contribution < -0.4 is 10.6 Å². The van der Waals surface area contributed by atoms with Gasteiger partial charge in [0.1, 0.15) is 23.7 Å². The number of likely N-dealkylation sites (tertiary alicyclic amines) is 2. The van der Waals surface area contributed by atoms with Crippen molar-refractivity contribution < 1.29 is 28.7 Å². The molecular formula is C46H50N8O6. The maximum Gasteiger partial charge on any atom is 0.407 e. The lowest BCUT2D eigenvalue weighted by atomic mass is 9.84. The molecule has 4 amide bonds. The van der Waals surface area contributed by atoms with Crippen LogP contribution >= 0.6 is 0 Å². The van der Waals surface area contributed by atoms with E-state index in [1.54, 1.807) is 11.8 Å². The van der Waals surface area contributed by atoms with Crippen molar-refractivity contribution in [3.8, 4) is 22.5 Å². The molecule has 1 aliphatic carbocycles. The van der Waals surface area contributed by atoms with Crippen molar-refractivity contribution in [2.45, 2.75) is 75.5 Å². The van der Waals surface area contributed by atoms with E-state index in [4.69, 9.17) is 9.72 Å². The minimum Gasteiger partial charge on any atom is -0.453 e. The van der Waals surface area contributed by atoms with E-state index < -0.39 is 29.8 Å². The molecule has 310 valence electrons. The summed E-state index contributed by atoms with van der Waals surface area (Å²) in [5.74, 6) is 1.26. The van der Waals surface area contributed by atoms with E-state index in [1.807, 2.05) is 54.5 Å². The van der Waals surface area contributed by atoms with Gasteiger partial charge < -0.3 is 39.9 Å². The Morgan fingerprint density at radius 3 is 2.32 bits per heavy atom. The number of benzene rings is 3. The number of aromatic amines is 2. The van der Waals surface area contributed by atoms with Crippen LogP contribution in [0.3, 0.4) is 0 Å². The Hall–Kier alpha value is -6.70. The van der Waals surface area contributed by atoms with Gasteiger partial charge in [0.15, 0.2) is 0 Å². The number of hydrogen-bond donors (Lipinski definition) is 4. The summed E-state index contributed by atoms with van der Waals surface area (Å²) in [6.07, 6.45) is 10.8. The highest BCUT2D eigenvalue weighted by Gasteiger charge is 2.46. The monoisotopic (exact) mass is 810 g/mol. The first-order valence-corrected chi connectivity index (χ1v) is 20.4. The third kappa shape index (κ3) is 7.88. The lowest BCUT2D eigenvalue weighted by molar-refractivity contribution is -0.138. The standard InChI is InChI=1S/C46H50N8O6/c1-28(49-44(57)59-3)41(55)53-22-8-12-38(53)40-47-26-37(50-40)35-20-19-33-24-32(17-18-34(33)25-35)29-13-15-30(16-14-29)36-27-48-43(51-36)46(2)21-9-23-54(46)42(56)39(52-45(58)60-4)31-10-6-5-7-11-31/h5-7,10-11,13-20,25-28,32,38-39H,8-9,12,21-24H2,1-4H3,(H,47,50)(H,48,51)(H,49,57)(H,52,58)/t28-,32?,38-,39+,46-/m0/s1. The second-order valence-electron chi connectivity index (χ2n) is 15.9. The zero-order chi connectivity index (χ0) is 42.0. The summed E-state index contributed by atoms with van der Waals surface area (Å²) >= 11 is 0. The first-order chi connectivity index (χ1) is 29.1. The number of carbonyl (C=O) groups is 4. The fourth-order valence-electron chi connectivity index (χ4n) is 8.85. The average molecular weight is 811 g/mol. The number of fused-ring (bicyclic) bond motifs is 1. The van der Waals surface area contributed by atoms with Gasteiger partial charge in [-0.1, -0.05) is 78.9 Å². The summed E-state index contributed by atoms with van der Waals surface area (Å²) in [4.78, 5) is 71.3. The minimum absolute atomic E-state index is 0.166. The fourth-order valence-corrected chi connectivity index (χ4v) is 8.85. The Kier molecular flexibility index (Phi) is 11.3. The van der Waals surface area contributed by atoms with Crippen LogP contribution in [0.25, 0.3) is 28.6 Å². The zero-order valence-electron chi connectivity index (χ0n) is 34.2. The highest BCUT2D eigenvalue weighted by Crippen LogP contribution is 2.40. The minimum atomic E-state index is -0.895. The molecule has 4 heterocycles. The number of rotatable bonds is 10. The van der Waals surface area contributed by atoms with Gasteiger partial charge >= 0.3 is 12.2 Å². The molecule has 5 aromatic rings. The zero-order valence-corrected chi connectivity index (χ0v) is 34.2. The first kappa shape index (κ1) is 40.1. The van der Waals surface area contributed by atoms with Gasteiger partial charge in [0.05, 0.1) is 49.6 Å². The first-order valence-electron chi connectivity index (χ1n) is 20.4. The third-order valence-electron chi connectivity index (χ3n) is 12.2. The van der Waals surface area contributed by atoms with Crippen molar-refractivity contribution in [3.05, 3.63) is 125 Å². The summed E-state index contributed by atoms with van der Waals surface area (Å²) in [5, 5.41) is 5.31. The summed E-state index contributed by atoms with van der Waals surface area (Å²) < 4.78 is 9.52. The van der Waals surface area contributed by atoms with Gasteiger partial charge in [-0.3, -0.25) is 9.59 Å². The normalized spacial score (nSPS) is 20.6. The van der Waals surface area contributed by atoms with Crippen LogP contribution in [-0.4, -0.2) is 87.1 Å². The van der Waals surface area contributed by atoms with Crippen LogP contribution in [0.1, 0.15) is 91.4 Å². The summed E-state index contributed by atoms with van der Waals surface area (Å²) in [7, 11) is 2.56. The number of imidazole rings is 2. The van der Waals surface area contributed by atoms with Gasteiger partial charge in [0.2, 0.25) is 5.91 Å². The largest absolute Gasteiger partial charge is 0.453 e. The highest BCUT2D eigenvalue weighted by atomic mass is 16.5. The number of methoxy groups -OCH3 is 2. The smallest absolute Gasteiger partial charge is 0.407 e. The Morgan fingerprint density at radius 2 is 1.55 bits per heavy atom. The van der Waals surface area contributed by atoms with Crippen LogP contribution in [0.15, 0.2) is 91.3 Å². The van der Waals surface area contributed by atoms with Crippen molar-refractivity contribution in [2.24, 2.45) is 0 Å². The molecule has 0 radical (unpaired) electrons. The predicted molar refractivity (Wildman–Crippen MR) is 225 cm³/mol. The van der Waals surface area contributed by atoms with Crippen molar-refractivity contribution in [1.82, 2.24) is 40.4 Å². The molecule has 60 heavy (non-hydrogen) atoms. The Bertz CT molecular complexity index is 2410. The summed E-state index contributed by atoms with van der Waals surface area (Å²) in [6.45, 7) is 4.82. The Balaban J connectivity index is 0.926. The van der Waals surface area contributed by atoms with Gasteiger partial charge in [-0.25, -0.2) is 19.6 Å². The third-order valence-corrected chi connectivity index (χ3v) is 12.2. The summed E-state index contributed by atoms with van der Waals surface area (Å²) in [5.41, 5.74) is 7.37. The van der Waals surface area contributed by atoms with Gasteiger partial charge in [-0.05, 0) is 79.8 Å². The number of ether oxygens (including phenoxy) is 2. The van der Waals surface area contributed by atoms with E-state index >= 15 is 0 Å². The van der Waals surface area contributed by atoms with E-state index in [-0.39, 0.29) is 23.8 Å². The maximum atomic E-state index is 14.1. The van der Waals surface area contributed by atoms with Crippen molar-refractivity contribution in [3.63, 3.8) is 0 Å². The molecule has 0 saturated carbocycles. The van der Waals surface area contributed by atoms with Crippen molar-refractivity contribution in [2.75, 3.05) is 27.3 Å². The topological polar surface area (TPSA) is 175 Å². The quantitative estimate of drug-likeness (QED) is 0.115.